The Bertz CT molecular complexity index is 916. The quantitative estimate of drug-likeness (QED) is 0.528. The molecule has 0 atom stereocenters. The van der Waals surface area contributed by atoms with E-state index < -0.39 is 0 Å². The molecule has 1 aliphatic rings. The van der Waals surface area contributed by atoms with Crippen molar-refractivity contribution in [1.29, 1.82) is 0 Å². The predicted molar refractivity (Wildman–Crippen MR) is 95.2 cm³/mol. The molecule has 0 saturated heterocycles. The van der Waals surface area contributed by atoms with Gasteiger partial charge in [0.05, 0.1) is 5.69 Å². The average Bonchev–Trinajstić information content (AvgIpc) is 2.76. The van der Waals surface area contributed by atoms with E-state index in [1.54, 1.807) is 0 Å². The van der Waals surface area contributed by atoms with E-state index in [0.717, 1.165) is 5.69 Å². The summed E-state index contributed by atoms with van der Waals surface area (Å²) < 4.78 is 0. The highest BCUT2D eigenvalue weighted by Crippen LogP contribution is 2.41. The minimum Gasteiger partial charge on any atom is -0.257 e. The zero-order valence-electron chi connectivity index (χ0n) is 13.2. The van der Waals surface area contributed by atoms with Crippen molar-refractivity contribution in [1.82, 2.24) is 0 Å². The highest BCUT2D eigenvalue weighted by atomic mass is 14.8. The van der Waals surface area contributed by atoms with Crippen LogP contribution in [0.4, 0.5) is 5.69 Å². The van der Waals surface area contributed by atoms with Gasteiger partial charge >= 0.3 is 0 Å². The number of benzene rings is 3. The summed E-state index contributed by atoms with van der Waals surface area (Å²) in [6.45, 7) is 6.62. The maximum Gasteiger partial charge on any atom is 0.0671 e. The lowest BCUT2D eigenvalue weighted by Crippen LogP contribution is -2.22. The van der Waals surface area contributed by atoms with E-state index in [9.17, 15) is 0 Å². The Hall–Kier alpha value is -2.41. The van der Waals surface area contributed by atoms with Gasteiger partial charge in [-0.15, -0.1) is 0 Å². The first-order chi connectivity index (χ1) is 10.6. The third kappa shape index (κ3) is 1.89. The first-order valence-electron chi connectivity index (χ1n) is 7.75. The van der Waals surface area contributed by atoms with Crippen LogP contribution >= 0.6 is 0 Å². The maximum absolute atomic E-state index is 4.71. The molecule has 4 rings (SSSR count). The van der Waals surface area contributed by atoms with Crippen LogP contribution in [0.1, 0.15) is 26.3 Å². The van der Waals surface area contributed by atoms with Crippen LogP contribution in [0, 0.1) is 0 Å². The van der Waals surface area contributed by atoms with Crippen molar-refractivity contribution >= 4 is 22.2 Å². The molecular weight excluding hydrogens is 266 g/mol. The Morgan fingerprint density at radius 1 is 0.773 bits per heavy atom. The minimum absolute atomic E-state index is 0.0300. The summed E-state index contributed by atoms with van der Waals surface area (Å²) in [6.07, 6.45) is 0. The van der Waals surface area contributed by atoms with Crippen LogP contribution in [-0.2, 0) is 5.41 Å². The van der Waals surface area contributed by atoms with Crippen LogP contribution in [0.15, 0.2) is 65.7 Å². The Kier molecular flexibility index (Phi) is 2.74. The number of hydrogen-bond donors (Lipinski definition) is 0. The summed E-state index contributed by atoms with van der Waals surface area (Å²) in [7, 11) is 0. The van der Waals surface area contributed by atoms with Gasteiger partial charge in [-0.2, -0.15) is 0 Å². The highest BCUT2D eigenvalue weighted by molar-refractivity contribution is 6.00. The van der Waals surface area contributed by atoms with Gasteiger partial charge in [-0.05, 0) is 52.6 Å². The standard InChI is InChI=1S/C21H19N/c1-14-21(2,3)19-13-18(10-11-20(19)22-14)17-9-8-15-6-4-5-7-16(15)12-17/h4-13H,1-3H3. The van der Waals surface area contributed by atoms with Gasteiger partial charge in [0.2, 0.25) is 0 Å². The second-order valence-electron chi connectivity index (χ2n) is 6.62. The van der Waals surface area contributed by atoms with Crippen molar-refractivity contribution in [3.63, 3.8) is 0 Å². The van der Waals surface area contributed by atoms with Gasteiger partial charge in [-0.3, -0.25) is 4.99 Å². The summed E-state index contributed by atoms with van der Waals surface area (Å²) in [5.41, 5.74) is 6.20. The largest absolute Gasteiger partial charge is 0.257 e. The molecule has 0 aromatic heterocycles. The van der Waals surface area contributed by atoms with E-state index in [0.29, 0.717) is 0 Å². The number of nitrogens with zero attached hydrogens (tertiary/aromatic N) is 1. The minimum atomic E-state index is 0.0300. The van der Waals surface area contributed by atoms with Gasteiger partial charge in [0.1, 0.15) is 0 Å². The SMILES string of the molecule is CC1=Nc2ccc(-c3ccc4ccccc4c3)cc2C1(C)C. The van der Waals surface area contributed by atoms with E-state index in [4.69, 9.17) is 4.99 Å². The fourth-order valence-electron chi connectivity index (χ4n) is 3.20. The normalized spacial score (nSPS) is 15.7. The molecule has 0 aliphatic carbocycles. The number of fused-ring (bicyclic) bond motifs is 2. The first-order valence-corrected chi connectivity index (χ1v) is 7.75. The Balaban J connectivity index is 1.86. The average molecular weight is 285 g/mol. The van der Waals surface area contributed by atoms with E-state index in [2.05, 4.69) is 81.4 Å². The molecule has 1 heterocycles. The third-order valence-corrected chi connectivity index (χ3v) is 4.95. The topological polar surface area (TPSA) is 12.4 Å². The van der Waals surface area contributed by atoms with Gasteiger partial charge in [-0.25, -0.2) is 0 Å². The molecule has 1 nitrogen and oxygen atoms in total. The van der Waals surface area contributed by atoms with Gasteiger partial charge in [0.25, 0.3) is 0 Å². The molecule has 108 valence electrons. The van der Waals surface area contributed by atoms with E-state index in [-0.39, 0.29) is 5.41 Å². The van der Waals surface area contributed by atoms with Crippen LogP contribution in [-0.4, -0.2) is 5.71 Å². The Morgan fingerprint density at radius 3 is 2.27 bits per heavy atom. The molecule has 3 aromatic carbocycles. The number of aliphatic imine (C=N–C) groups is 1. The van der Waals surface area contributed by atoms with Crippen molar-refractivity contribution in [2.75, 3.05) is 0 Å². The molecule has 0 radical (unpaired) electrons. The molecule has 0 spiro atoms. The summed E-state index contributed by atoms with van der Waals surface area (Å²) >= 11 is 0. The summed E-state index contributed by atoms with van der Waals surface area (Å²) in [5, 5.41) is 2.57. The first kappa shape index (κ1) is 13.3. The molecule has 0 amide bonds. The van der Waals surface area contributed by atoms with Gasteiger partial charge in [0.15, 0.2) is 0 Å². The van der Waals surface area contributed by atoms with Crippen LogP contribution < -0.4 is 0 Å². The van der Waals surface area contributed by atoms with E-state index in [1.165, 1.54) is 33.2 Å². The molecule has 1 aliphatic heterocycles. The zero-order chi connectivity index (χ0) is 15.3. The number of rotatable bonds is 1. The number of hydrogen-bond acceptors (Lipinski definition) is 1. The van der Waals surface area contributed by atoms with E-state index in [1.807, 2.05) is 0 Å². The molecule has 22 heavy (non-hydrogen) atoms. The predicted octanol–water partition coefficient (Wildman–Crippen LogP) is 5.89. The molecule has 0 N–H and O–H groups in total. The zero-order valence-corrected chi connectivity index (χ0v) is 13.2. The molecule has 1 heteroatoms. The molecule has 0 unspecified atom stereocenters. The van der Waals surface area contributed by atoms with Crippen molar-refractivity contribution in [3.05, 3.63) is 66.2 Å². The second-order valence-corrected chi connectivity index (χ2v) is 6.62. The summed E-state index contributed by atoms with van der Waals surface area (Å²) in [5.74, 6) is 0. The maximum atomic E-state index is 4.71. The summed E-state index contributed by atoms with van der Waals surface area (Å²) in [6, 6.07) is 21.8. The van der Waals surface area contributed by atoms with Crippen LogP contribution in [0.25, 0.3) is 21.9 Å². The molecular formula is C21H19N. The molecule has 3 aromatic rings. The van der Waals surface area contributed by atoms with E-state index >= 15 is 0 Å². The lowest BCUT2D eigenvalue weighted by atomic mass is 9.81. The van der Waals surface area contributed by atoms with Gasteiger partial charge in [-0.1, -0.05) is 56.3 Å². The highest BCUT2D eigenvalue weighted by Gasteiger charge is 2.32. The molecule has 0 fully saturated rings. The third-order valence-electron chi connectivity index (χ3n) is 4.95. The lowest BCUT2D eigenvalue weighted by molar-refractivity contribution is 0.733. The van der Waals surface area contributed by atoms with Crippen molar-refractivity contribution in [2.45, 2.75) is 26.2 Å². The van der Waals surface area contributed by atoms with Crippen molar-refractivity contribution in [3.8, 4) is 11.1 Å². The molecule has 0 saturated carbocycles. The fourth-order valence-corrected chi connectivity index (χ4v) is 3.20. The summed E-state index contributed by atoms with van der Waals surface area (Å²) in [4.78, 5) is 4.71. The monoisotopic (exact) mass is 285 g/mol. The van der Waals surface area contributed by atoms with Crippen LogP contribution in [0.5, 0.6) is 0 Å². The second kappa shape index (κ2) is 4.54. The van der Waals surface area contributed by atoms with Crippen molar-refractivity contribution < 1.29 is 0 Å². The Labute approximate surface area is 131 Å². The molecule has 0 bridgehead atoms. The van der Waals surface area contributed by atoms with Crippen LogP contribution in [0.2, 0.25) is 0 Å². The van der Waals surface area contributed by atoms with Gasteiger partial charge < -0.3 is 0 Å². The van der Waals surface area contributed by atoms with Crippen LogP contribution in [0.3, 0.4) is 0 Å². The smallest absolute Gasteiger partial charge is 0.0671 e. The van der Waals surface area contributed by atoms with Gasteiger partial charge in [0, 0.05) is 11.1 Å². The fraction of sp³-hybridized carbons (Fsp3) is 0.190. The lowest BCUT2D eigenvalue weighted by Gasteiger charge is -2.20. The van der Waals surface area contributed by atoms with Crippen molar-refractivity contribution in [2.24, 2.45) is 4.99 Å². The Morgan fingerprint density at radius 2 is 1.45 bits per heavy atom.